The van der Waals surface area contributed by atoms with E-state index >= 15 is 0 Å². The van der Waals surface area contributed by atoms with Gasteiger partial charge in [0.15, 0.2) is 11.5 Å². The van der Waals surface area contributed by atoms with E-state index in [9.17, 15) is 9.90 Å². The quantitative estimate of drug-likeness (QED) is 0.778. The number of methoxy groups -OCH3 is 1. The fourth-order valence-corrected chi connectivity index (χ4v) is 2.06. The standard InChI is InChI=1S/C13H16N2O3/c1-7(15-8(2)16)10-6-14-11-5-12(17)13(18-3)4-9(10)11/h4-7,14,17H,1-3H3,(H,15,16). The summed E-state index contributed by atoms with van der Waals surface area (Å²) >= 11 is 0. The number of ether oxygens (including phenoxy) is 1. The van der Waals surface area contributed by atoms with Crippen LogP contribution in [0.3, 0.4) is 0 Å². The van der Waals surface area contributed by atoms with Crippen LogP contribution in [0.25, 0.3) is 10.9 Å². The molecule has 0 aliphatic rings. The van der Waals surface area contributed by atoms with Crippen molar-refractivity contribution in [2.75, 3.05) is 7.11 Å². The van der Waals surface area contributed by atoms with Crippen molar-refractivity contribution in [2.24, 2.45) is 0 Å². The number of amides is 1. The second kappa shape index (κ2) is 4.60. The highest BCUT2D eigenvalue weighted by molar-refractivity contribution is 5.87. The summed E-state index contributed by atoms with van der Waals surface area (Å²) in [6.07, 6.45) is 1.82. The molecule has 0 spiro atoms. The van der Waals surface area contributed by atoms with Crippen molar-refractivity contribution in [3.8, 4) is 11.5 Å². The zero-order valence-corrected chi connectivity index (χ0v) is 10.6. The predicted molar refractivity (Wildman–Crippen MR) is 68.7 cm³/mol. The summed E-state index contributed by atoms with van der Waals surface area (Å²) in [6.45, 7) is 3.39. The van der Waals surface area contributed by atoms with E-state index in [0.717, 1.165) is 16.5 Å². The Morgan fingerprint density at radius 1 is 1.50 bits per heavy atom. The molecule has 0 aliphatic carbocycles. The Morgan fingerprint density at radius 2 is 2.22 bits per heavy atom. The van der Waals surface area contributed by atoms with Crippen LogP contribution < -0.4 is 10.1 Å². The highest BCUT2D eigenvalue weighted by atomic mass is 16.5. The average Bonchev–Trinajstić information content (AvgIpc) is 2.69. The predicted octanol–water partition coefficient (Wildman–Crippen LogP) is 2.08. The molecule has 1 amide bonds. The smallest absolute Gasteiger partial charge is 0.217 e. The number of H-pyrrole nitrogens is 1. The van der Waals surface area contributed by atoms with Gasteiger partial charge in [-0.15, -0.1) is 0 Å². The van der Waals surface area contributed by atoms with E-state index in [2.05, 4.69) is 10.3 Å². The minimum Gasteiger partial charge on any atom is -0.504 e. The maximum atomic E-state index is 11.1. The van der Waals surface area contributed by atoms with E-state index in [0.29, 0.717) is 5.75 Å². The molecule has 3 N–H and O–H groups in total. The lowest BCUT2D eigenvalue weighted by Crippen LogP contribution is -2.23. The lowest BCUT2D eigenvalue weighted by Gasteiger charge is -2.12. The van der Waals surface area contributed by atoms with Crippen molar-refractivity contribution in [3.63, 3.8) is 0 Å². The van der Waals surface area contributed by atoms with Gasteiger partial charge < -0.3 is 20.1 Å². The van der Waals surface area contributed by atoms with Crippen LogP contribution in [0.2, 0.25) is 0 Å². The maximum absolute atomic E-state index is 11.1. The zero-order chi connectivity index (χ0) is 13.3. The van der Waals surface area contributed by atoms with Gasteiger partial charge in [-0.2, -0.15) is 0 Å². The van der Waals surface area contributed by atoms with Gasteiger partial charge in [0.05, 0.1) is 13.2 Å². The van der Waals surface area contributed by atoms with Gasteiger partial charge in [-0.1, -0.05) is 0 Å². The minimum absolute atomic E-state index is 0.0809. The van der Waals surface area contributed by atoms with E-state index in [4.69, 9.17) is 4.74 Å². The second-order valence-electron chi connectivity index (χ2n) is 4.24. The Balaban J connectivity index is 2.49. The van der Waals surface area contributed by atoms with E-state index < -0.39 is 0 Å². The fourth-order valence-electron chi connectivity index (χ4n) is 2.06. The molecule has 18 heavy (non-hydrogen) atoms. The Hall–Kier alpha value is -2.17. The second-order valence-corrected chi connectivity index (χ2v) is 4.24. The first-order valence-corrected chi connectivity index (χ1v) is 5.68. The van der Waals surface area contributed by atoms with Gasteiger partial charge in [0, 0.05) is 30.1 Å². The van der Waals surface area contributed by atoms with Crippen molar-refractivity contribution in [1.82, 2.24) is 10.3 Å². The number of carbonyl (C=O) groups excluding carboxylic acids is 1. The SMILES string of the molecule is COc1cc2c(C(C)NC(C)=O)c[nH]c2cc1O. The number of aromatic nitrogens is 1. The van der Waals surface area contributed by atoms with Crippen LogP contribution in [-0.2, 0) is 4.79 Å². The molecule has 1 unspecified atom stereocenters. The third kappa shape index (κ3) is 2.11. The summed E-state index contributed by atoms with van der Waals surface area (Å²) in [5.74, 6) is 0.423. The van der Waals surface area contributed by atoms with Gasteiger partial charge in [0.25, 0.3) is 0 Å². The molecule has 0 radical (unpaired) electrons. The molecule has 96 valence electrons. The van der Waals surface area contributed by atoms with Crippen LogP contribution in [0, 0.1) is 0 Å². The van der Waals surface area contributed by atoms with Crippen molar-refractivity contribution < 1.29 is 14.6 Å². The number of rotatable bonds is 3. The molecule has 0 aliphatic heterocycles. The molecule has 2 aromatic rings. The van der Waals surface area contributed by atoms with Crippen molar-refractivity contribution in [2.45, 2.75) is 19.9 Å². The number of carbonyl (C=O) groups is 1. The Labute approximate surface area is 105 Å². The third-order valence-corrected chi connectivity index (χ3v) is 2.90. The first-order valence-electron chi connectivity index (χ1n) is 5.68. The third-order valence-electron chi connectivity index (χ3n) is 2.90. The summed E-state index contributed by atoms with van der Waals surface area (Å²) in [7, 11) is 1.50. The maximum Gasteiger partial charge on any atom is 0.217 e. The summed E-state index contributed by atoms with van der Waals surface area (Å²) in [6, 6.07) is 3.26. The van der Waals surface area contributed by atoms with Gasteiger partial charge >= 0.3 is 0 Å². The summed E-state index contributed by atoms with van der Waals surface area (Å²) in [4.78, 5) is 14.1. The van der Waals surface area contributed by atoms with Crippen molar-refractivity contribution in [3.05, 3.63) is 23.9 Å². The molecule has 1 aromatic heterocycles. The Bertz CT molecular complexity index is 589. The molecule has 5 heteroatoms. The van der Waals surface area contributed by atoms with E-state index in [1.54, 1.807) is 12.1 Å². The molecule has 2 rings (SSSR count). The van der Waals surface area contributed by atoms with Gasteiger partial charge in [-0.25, -0.2) is 0 Å². The Kier molecular flexibility index (Phi) is 3.14. The lowest BCUT2D eigenvalue weighted by molar-refractivity contribution is -0.119. The van der Waals surface area contributed by atoms with Gasteiger partial charge in [0.1, 0.15) is 0 Å². The number of hydrogen-bond acceptors (Lipinski definition) is 3. The first kappa shape index (κ1) is 12.3. The number of nitrogens with one attached hydrogen (secondary N) is 2. The highest BCUT2D eigenvalue weighted by Crippen LogP contribution is 2.34. The Morgan fingerprint density at radius 3 is 2.83 bits per heavy atom. The van der Waals surface area contributed by atoms with Gasteiger partial charge in [-0.3, -0.25) is 4.79 Å². The monoisotopic (exact) mass is 248 g/mol. The highest BCUT2D eigenvalue weighted by Gasteiger charge is 2.14. The summed E-state index contributed by atoms with van der Waals surface area (Å²) in [5, 5.41) is 13.4. The van der Waals surface area contributed by atoms with Crippen LogP contribution in [0.1, 0.15) is 25.5 Å². The molecular formula is C13H16N2O3. The summed E-state index contributed by atoms with van der Waals surface area (Å²) < 4.78 is 5.09. The molecule has 5 nitrogen and oxygen atoms in total. The van der Waals surface area contributed by atoms with Crippen LogP contribution in [0.5, 0.6) is 11.5 Å². The van der Waals surface area contributed by atoms with Crippen molar-refractivity contribution >= 4 is 16.8 Å². The van der Waals surface area contributed by atoms with E-state index in [-0.39, 0.29) is 17.7 Å². The van der Waals surface area contributed by atoms with E-state index in [1.165, 1.54) is 14.0 Å². The summed E-state index contributed by atoms with van der Waals surface area (Å²) in [5.41, 5.74) is 1.76. The molecule has 1 aromatic carbocycles. The molecule has 1 atom stereocenters. The fraction of sp³-hybridized carbons (Fsp3) is 0.308. The topological polar surface area (TPSA) is 74.3 Å². The van der Waals surface area contributed by atoms with Crippen LogP contribution in [0.15, 0.2) is 18.3 Å². The van der Waals surface area contributed by atoms with Crippen LogP contribution in [-0.4, -0.2) is 23.1 Å². The number of hydrogen-bond donors (Lipinski definition) is 3. The number of benzene rings is 1. The van der Waals surface area contributed by atoms with Gasteiger partial charge in [-0.05, 0) is 18.6 Å². The van der Waals surface area contributed by atoms with Crippen molar-refractivity contribution in [1.29, 1.82) is 0 Å². The molecule has 0 saturated carbocycles. The normalized spacial score (nSPS) is 12.4. The molecular weight excluding hydrogens is 232 g/mol. The van der Waals surface area contributed by atoms with E-state index in [1.807, 2.05) is 13.1 Å². The lowest BCUT2D eigenvalue weighted by atomic mass is 10.1. The number of phenolic OH excluding ortho intramolecular Hbond substituents is 1. The number of aromatic amines is 1. The molecule has 0 fully saturated rings. The zero-order valence-electron chi connectivity index (χ0n) is 10.6. The average molecular weight is 248 g/mol. The van der Waals surface area contributed by atoms with Crippen LogP contribution in [0.4, 0.5) is 0 Å². The molecule has 0 bridgehead atoms. The first-order chi connectivity index (χ1) is 8.52. The number of aromatic hydroxyl groups is 1. The number of phenols is 1. The number of fused-ring (bicyclic) bond motifs is 1. The molecule has 0 saturated heterocycles. The minimum atomic E-state index is -0.106. The molecule has 1 heterocycles. The van der Waals surface area contributed by atoms with Gasteiger partial charge in [0.2, 0.25) is 5.91 Å². The van der Waals surface area contributed by atoms with Crippen LogP contribution >= 0.6 is 0 Å². The largest absolute Gasteiger partial charge is 0.504 e.